The van der Waals surface area contributed by atoms with Gasteiger partial charge in [0.05, 0.1) is 0 Å². The van der Waals surface area contributed by atoms with Crippen LogP contribution in [0.2, 0.25) is 0 Å². The largest absolute Gasteiger partial charge is 0.299 e. The smallest absolute Gasteiger partial charge is 0.284 e. The van der Waals surface area contributed by atoms with Crippen LogP contribution in [0.3, 0.4) is 0 Å². The molecule has 0 aromatic heterocycles. The molecule has 4 heteroatoms. The first kappa shape index (κ1) is 10.7. The van der Waals surface area contributed by atoms with Crippen LogP contribution >= 0.6 is 0 Å². The van der Waals surface area contributed by atoms with Crippen LogP contribution in [0.4, 0.5) is 0 Å². The fourth-order valence-corrected chi connectivity index (χ4v) is 0. The maximum Gasteiger partial charge on any atom is 0.299 e. The van der Waals surface area contributed by atoms with E-state index < -0.39 is 11.4 Å². The highest BCUT2D eigenvalue weighted by Gasteiger charge is 1.62. The normalized spacial score (nSPS) is 7.50. The van der Waals surface area contributed by atoms with Gasteiger partial charge in [-0.3, -0.25) is 9.11 Å². The quantitative estimate of drug-likeness (QED) is 0.423. The average molecular weight is 138 g/mol. The van der Waals surface area contributed by atoms with Crippen LogP contribution in [0.1, 0.15) is 13.3 Å². The van der Waals surface area contributed by atoms with Crippen LogP contribution in [0, 0.1) is 0 Å². The molecule has 0 atom stereocenters. The van der Waals surface area contributed by atoms with Gasteiger partial charge in [0.1, 0.15) is 0 Å². The lowest BCUT2D eigenvalue weighted by atomic mass is 10.5. The van der Waals surface area contributed by atoms with Gasteiger partial charge in [-0.1, -0.05) is 13.0 Å². The number of hydrogen-bond acceptors (Lipinski definition) is 1. The van der Waals surface area contributed by atoms with Gasteiger partial charge >= 0.3 is 0 Å². The van der Waals surface area contributed by atoms with Crippen LogP contribution in [0.5, 0.6) is 0 Å². The van der Waals surface area contributed by atoms with Crippen LogP contribution < -0.4 is 0 Å². The van der Waals surface area contributed by atoms with Crippen LogP contribution in [-0.4, -0.2) is 13.3 Å². The molecule has 0 saturated heterocycles. The number of rotatable bonds is 1. The van der Waals surface area contributed by atoms with E-state index in [0.29, 0.717) is 0 Å². The molecule has 0 aliphatic carbocycles. The van der Waals surface area contributed by atoms with Crippen molar-refractivity contribution in [3.05, 3.63) is 12.7 Å². The Morgan fingerprint density at radius 3 is 1.88 bits per heavy atom. The van der Waals surface area contributed by atoms with Crippen molar-refractivity contribution in [2.24, 2.45) is 0 Å². The lowest BCUT2D eigenvalue weighted by molar-refractivity contribution is 0.454. The summed E-state index contributed by atoms with van der Waals surface area (Å²) in [4.78, 5) is 0. The predicted octanol–water partition coefficient (Wildman–Crippen LogP) is 1.26. The van der Waals surface area contributed by atoms with E-state index >= 15 is 0 Å². The fourth-order valence-electron chi connectivity index (χ4n) is 0. The highest BCUT2D eigenvalue weighted by Crippen LogP contribution is 1.66. The van der Waals surface area contributed by atoms with Crippen molar-refractivity contribution in [3.8, 4) is 0 Å². The third kappa shape index (κ3) is 205. The van der Waals surface area contributed by atoms with Crippen molar-refractivity contribution in [3.63, 3.8) is 0 Å². The van der Waals surface area contributed by atoms with E-state index in [2.05, 4.69) is 13.5 Å². The van der Waals surface area contributed by atoms with Crippen molar-refractivity contribution < 1.29 is 13.3 Å². The van der Waals surface area contributed by atoms with Gasteiger partial charge in [0, 0.05) is 0 Å². The molecule has 50 valence electrons. The van der Waals surface area contributed by atoms with Gasteiger partial charge < -0.3 is 0 Å². The zero-order chi connectivity index (χ0) is 6.99. The molecule has 0 aliphatic heterocycles. The summed E-state index contributed by atoms with van der Waals surface area (Å²) >= 11 is -2.61. The standard InChI is InChI=1S/C4H8.H2O3S/c1-3-4-2;1-4(2)3/h3H,1,4H2,2H3;(H2,1,2,3). The minimum absolute atomic E-state index is 1.08. The van der Waals surface area contributed by atoms with Gasteiger partial charge in [-0.15, -0.1) is 6.58 Å². The van der Waals surface area contributed by atoms with Gasteiger partial charge in [0.15, 0.2) is 0 Å². The molecule has 8 heavy (non-hydrogen) atoms. The van der Waals surface area contributed by atoms with Crippen molar-refractivity contribution in [1.29, 1.82) is 0 Å². The Labute approximate surface area is 51.5 Å². The molecule has 0 spiro atoms. The van der Waals surface area contributed by atoms with E-state index in [-0.39, 0.29) is 0 Å². The molecule has 3 nitrogen and oxygen atoms in total. The summed E-state index contributed by atoms with van der Waals surface area (Å²) in [5, 5.41) is 0. The minimum atomic E-state index is -2.61. The van der Waals surface area contributed by atoms with Crippen LogP contribution in [-0.2, 0) is 11.4 Å². The summed E-state index contributed by atoms with van der Waals surface area (Å²) in [6.07, 6.45) is 2.96. The van der Waals surface area contributed by atoms with E-state index in [9.17, 15) is 0 Å². The van der Waals surface area contributed by atoms with Crippen LogP contribution in [0.25, 0.3) is 0 Å². The summed E-state index contributed by atoms with van der Waals surface area (Å²) in [5.74, 6) is 0. The Kier molecular flexibility index (Phi) is 13.3. The third-order valence-electron chi connectivity index (χ3n) is 0.289. The SMILES string of the molecule is C=CCC.O=S(O)O. The maximum atomic E-state index is 8.67. The molecular weight excluding hydrogens is 128 g/mol. The fraction of sp³-hybridized carbons (Fsp3) is 0.500. The molecule has 0 amide bonds. The molecule has 0 unspecified atom stereocenters. The molecule has 2 N–H and O–H groups in total. The van der Waals surface area contributed by atoms with Gasteiger partial charge in [0.25, 0.3) is 11.4 Å². The van der Waals surface area contributed by atoms with E-state index in [1.165, 1.54) is 0 Å². The van der Waals surface area contributed by atoms with Gasteiger partial charge in [-0.05, 0) is 6.42 Å². The molecule has 0 fully saturated rings. The second-order valence-corrected chi connectivity index (χ2v) is 1.39. The van der Waals surface area contributed by atoms with Gasteiger partial charge in [0.2, 0.25) is 0 Å². The molecule has 0 aromatic carbocycles. The first-order valence-electron chi connectivity index (χ1n) is 2.06. The minimum Gasteiger partial charge on any atom is -0.284 e. The monoisotopic (exact) mass is 138 g/mol. The van der Waals surface area contributed by atoms with E-state index in [4.69, 9.17) is 13.3 Å². The molecule has 0 rings (SSSR count). The Balaban J connectivity index is 0. The Bertz CT molecular complexity index is 67.7. The first-order valence-corrected chi connectivity index (χ1v) is 3.12. The van der Waals surface area contributed by atoms with Gasteiger partial charge in [-0.2, -0.15) is 4.21 Å². The second-order valence-electron chi connectivity index (χ2n) is 0.928. The second kappa shape index (κ2) is 9.94. The Morgan fingerprint density at radius 2 is 1.88 bits per heavy atom. The van der Waals surface area contributed by atoms with Crippen molar-refractivity contribution in [2.75, 3.05) is 0 Å². The lowest BCUT2D eigenvalue weighted by Gasteiger charge is -1.59. The summed E-state index contributed by atoms with van der Waals surface area (Å²) in [6.45, 7) is 5.54. The summed E-state index contributed by atoms with van der Waals surface area (Å²) in [7, 11) is 0. The zero-order valence-corrected chi connectivity index (χ0v) is 5.52. The summed E-state index contributed by atoms with van der Waals surface area (Å²) in [5.41, 5.74) is 0. The topological polar surface area (TPSA) is 57.5 Å². The molecule has 0 bridgehead atoms. The van der Waals surface area contributed by atoms with Crippen molar-refractivity contribution in [1.82, 2.24) is 0 Å². The zero-order valence-electron chi connectivity index (χ0n) is 4.70. The van der Waals surface area contributed by atoms with E-state index in [1.807, 2.05) is 6.08 Å². The third-order valence-corrected chi connectivity index (χ3v) is 0.289. The number of allylic oxidation sites excluding steroid dienone is 1. The molecule has 0 saturated carbocycles. The van der Waals surface area contributed by atoms with Crippen molar-refractivity contribution >= 4 is 11.4 Å². The maximum absolute atomic E-state index is 8.67. The highest BCUT2D eigenvalue weighted by atomic mass is 32.2. The average Bonchev–Trinajstić information content (AvgIpc) is 1.65. The Hall–Kier alpha value is -0.190. The van der Waals surface area contributed by atoms with Crippen molar-refractivity contribution in [2.45, 2.75) is 13.3 Å². The molecular formula is C4H10O3S. The molecule has 0 heterocycles. The van der Waals surface area contributed by atoms with E-state index in [0.717, 1.165) is 6.42 Å². The lowest BCUT2D eigenvalue weighted by Crippen LogP contribution is -1.74. The molecule has 0 radical (unpaired) electrons. The van der Waals surface area contributed by atoms with E-state index in [1.54, 1.807) is 0 Å². The summed E-state index contributed by atoms with van der Waals surface area (Å²) < 4.78 is 22.8. The predicted molar refractivity (Wildman–Crippen MR) is 33.9 cm³/mol. The molecule has 0 aliphatic rings. The van der Waals surface area contributed by atoms with Crippen LogP contribution in [0.15, 0.2) is 12.7 Å². The van der Waals surface area contributed by atoms with Gasteiger partial charge in [-0.25, -0.2) is 0 Å². The highest BCUT2D eigenvalue weighted by molar-refractivity contribution is 7.73. The molecule has 0 aromatic rings. The first-order chi connectivity index (χ1) is 3.65. The Morgan fingerprint density at radius 1 is 1.75 bits per heavy atom. The number of hydrogen-bond donors (Lipinski definition) is 2. The summed E-state index contributed by atoms with van der Waals surface area (Å²) in [6, 6.07) is 0.